The topological polar surface area (TPSA) is 88.3 Å². The van der Waals surface area contributed by atoms with E-state index in [1.807, 2.05) is 0 Å². The Morgan fingerprint density at radius 3 is 2.29 bits per heavy atom. The summed E-state index contributed by atoms with van der Waals surface area (Å²) in [4.78, 5) is 25.5. The highest BCUT2D eigenvalue weighted by Crippen LogP contribution is 2.22. The first-order valence-electron chi connectivity index (χ1n) is 6.66. The van der Waals surface area contributed by atoms with Gasteiger partial charge in [-0.25, -0.2) is 0 Å². The molecule has 1 aromatic heterocycles. The lowest BCUT2D eigenvalue weighted by Gasteiger charge is -2.13. The quantitative estimate of drug-likeness (QED) is 0.806. The van der Waals surface area contributed by atoms with Crippen LogP contribution in [0.15, 0.2) is 30.5 Å². The number of fused-ring (bicyclic) bond motifs is 1. The van der Waals surface area contributed by atoms with Crippen molar-refractivity contribution in [3.05, 3.63) is 47.3 Å². The summed E-state index contributed by atoms with van der Waals surface area (Å²) < 4.78 is 1.59. The highest BCUT2D eigenvalue weighted by molar-refractivity contribution is 6.21. The molecule has 7 nitrogen and oxygen atoms in total. The van der Waals surface area contributed by atoms with E-state index < -0.39 is 0 Å². The van der Waals surface area contributed by atoms with Crippen LogP contribution in [-0.4, -0.2) is 43.4 Å². The summed E-state index contributed by atoms with van der Waals surface area (Å²) in [5, 5.41) is 16.5. The fourth-order valence-corrected chi connectivity index (χ4v) is 2.35. The predicted octanol–water partition coefficient (Wildman–Crippen LogP) is 0.457. The van der Waals surface area contributed by atoms with Crippen LogP contribution in [0.4, 0.5) is 0 Å². The molecule has 2 heterocycles. The zero-order valence-corrected chi connectivity index (χ0v) is 11.3. The van der Waals surface area contributed by atoms with Crippen LogP contribution in [0.1, 0.15) is 32.8 Å². The van der Waals surface area contributed by atoms with Crippen molar-refractivity contribution < 1.29 is 14.7 Å². The van der Waals surface area contributed by atoms with Crippen molar-refractivity contribution in [2.75, 3.05) is 6.54 Å². The summed E-state index contributed by atoms with van der Waals surface area (Å²) in [7, 11) is 0. The van der Waals surface area contributed by atoms with Crippen molar-refractivity contribution in [3.63, 3.8) is 0 Å². The van der Waals surface area contributed by atoms with Gasteiger partial charge >= 0.3 is 0 Å². The number of nitrogens with zero attached hydrogens (tertiary/aromatic N) is 4. The van der Waals surface area contributed by atoms with E-state index in [0.717, 1.165) is 0 Å². The number of aromatic nitrogens is 3. The molecule has 0 fully saturated rings. The van der Waals surface area contributed by atoms with Gasteiger partial charge in [0.25, 0.3) is 11.8 Å². The molecule has 0 saturated carbocycles. The van der Waals surface area contributed by atoms with Gasteiger partial charge in [0, 0.05) is 13.1 Å². The van der Waals surface area contributed by atoms with E-state index in [-0.39, 0.29) is 18.4 Å². The molecular formula is C14H14N4O3. The van der Waals surface area contributed by atoms with E-state index >= 15 is 0 Å². The summed E-state index contributed by atoms with van der Waals surface area (Å²) in [6.45, 7) is 0.708. The number of hydrogen-bond donors (Lipinski definition) is 1. The van der Waals surface area contributed by atoms with Gasteiger partial charge in [-0.2, -0.15) is 0 Å². The van der Waals surface area contributed by atoms with E-state index in [9.17, 15) is 9.59 Å². The third-order valence-electron chi connectivity index (χ3n) is 3.40. The third-order valence-corrected chi connectivity index (χ3v) is 3.40. The number of carbonyl (C=O) groups excluding carboxylic acids is 2. The molecule has 0 radical (unpaired) electrons. The number of rotatable bonds is 5. The van der Waals surface area contributed by atoms with Crippen LogP contribution >= 0.6 is 0 Å². The van der Waals surface area contributed by atoms with Gasteiger partial charge in [-0.3, -0.25) is 19.2 Å². The minimum atomic E-state index is -0.245. The van der Waals surface area contributed by atoms with Crippen molar-refractivity contribution >= 4 is 11.8 Å². The van der Waals surface area contributed by atoms with E-state index in [0.29, 0.717) is 36.3 Å². The van der Waals surface area contributed by atoms with Gasteiger partial charge in [0.05, 0.1) is 23.9 Å². The van der Waals surface area contributed by atoms with Gasteiger partial charge in [0.2, 0.25) is 0 Å². The van der Waals surface area contributed by atoms with Crippen molar-refractivity contribution in [1.82, 2.24) is 19.9 Å². The molecule has 0 aliphatic carbocycles. The van der Waals surface area contributed by atoms with Crippen LogP contribution in [0.25, 0.3) is 0 Å². The average molecular weight is 286 g/mol. The van der Waals surface area contributed by atoms with Crippen LogP contribution in [0.2, 0.25) is 0 Å². The lowest BCUT2D eigenvalue weighted by Crippen LogP contribution is -2.31. The lowest BCUT2D eigenvalue weighted by molar-refractivity contribution is 0.0650. The number of imide groups is 1. The van der Waals surface area contributed by atoms with Gasteiger partial charge in [-0.05, 0) is 18.6 Å². The van der Waals surface area contributed by atoms with Crippen LogP contribution in [0.3, 0.4) is 0 Å². The van der Waals surface area contributed by atoms with Crippen molar-refractivity contribution in [1.29, 1.82) is 0 Å². The second kappa shape index (κ2) is 5.45. The smallest absolute Gasteiger partial charge is 0.261 e. The van der Waals surface area contributed by atoms with E-state index in [2.05, 4.69) is 10.3 Å². The maximum Gasteiger partial charge on any atom is 0.261 e. The van der Waals surface area contributed by atoms with Gasteiger partial charge < -0.3 is 5.11 Å². The van der Waals surface area contributed by atoms with Crippen LogP contribution in [-0.2, 0) is 13.2 Å². The number of benzene rings is 1. The second-order valence-electron chi connectivity index (χ2n) is 4.79. The molecular weight excluding hydrogens is 272 g/mol. The summed E-state index contributed by atoms with van der Waals surface area (Å²) in [5.41, 5.74) is 1.42. The van der Waals surface area contributed by atoms with Gasteiger partial charge in [0.15, 0.2) is 0 Å². The van der Waals surface area contributed by atoms with Crippen molar-refractivity contribution in [2.24, 2.45) is 0 Å². The molecule has 0 spiro atoms. The Hall–Kier alpha value is -2.54. The monoisotopic (exact) mass is 286 g/mol. The third kappa shape index (κ3) is 2.43. The molecule has 21 heavy (non-hydrogen) atoms. The Morgan fingerprint density at radius 2 is 1.71 bits per heavy atom. The van der Waals surface area contributed by atoms with E-state index in [1.165, 1.54) is 4.90 Å². The maximum absolute atomic E-state index is 12.1. The molecule has 1 N–H and O–H groups in total. The molecule has 2 amide bonds. The summed E-state index contributed by atoms with van der Waals surface area (Å²) >= 11 is 0. The molecule has 1 aliphatic heterocycles. The van der Waals surface area contributed by atoms with Gasteiger partial charge in [0.1, 0.15) is 5.69 Å². The van der Waals surface area contributed by atoms with Crippen LogP contribution in [0.5, 0.6) is 0 Å². The largest absolute Gasteiger partial charge is 0.390 e. The Kier molecular flexibility index (Phi) is 3.49. The standard InChI is InChI=1S/C14H14N4O3/c19-9-10-8-17(16-15-10)6-3-7-18-13(20)11-4-1-2-5-12(11)14(18)21/h1-2,4-5,8,19H,3,6-7,9H2. The second-order valence-corrected chi connectivity index (χ2v) is 4.79. The van der Waals surface area contributed by atoms with Crippen molar-refractivity contribution in [2.45, 2.75) is 19.6 Å². The van der Waals surface area contributed by atoms with E-state index in [4.69, 9.17) is 5.11 Å². The lowest BCUT2D eigenvalue weighted by atomic mass is 10.1. The molecule has 0 atom stereocenters. The van der Waals surface area contributed by atoms with Gasteiger partial charge in [-0.15, -0.1) is 5.10 Å². The summed E-state index contributed by atoms with van der Waals surface area (Å²) in [6.07, 6.45) is 2.22. The molecule has 108 valence electrons. The normalized spacial score (nSPS) is 13.9. The van der Waals surface area contributed by atoms with Crippen LogP contribution < -0.4 is 0 Å². The Labute approximate surface area is 120 Å². The molecule has 3 rings (SSSR count). The Balaban J connectivity index is 1.62. The molecule has 0 unspecified atom stereocenters. The Morgan fingerprint density at radius 1 is 1.05 bits per heavy atom. The van der Waals surface area contributed by atoms with Gasteiger partial charge in [-0.1, -0.05) is 17.3 Å². The average Bonchev–Trinajstić information content (AvgIpc) is 3.06. The molecule has 0 saturated heterocycles. The molecule has 2 aromatic rings. The zero-order chi connectivity index (χ0) is 14.8. The minimum absolute atomic E-state index is 0.154. The highest BCUT2D eigenvalue weighted by Gasteiger charge is 2.34. The molecule has 1 aromatic carbocycles. The summed E-state index contributed by atoms with van der Waals surface area (Å²) in [5.74, 6) is -0.490. The molecule has 0 bridgehead atoms. The SMILES string of the molecule is O=C1c2ccccc2C(=O)N1CCCn1cc(CO)nn1. The fourth-order valence-electron chi connectivity index (χ4n) is 2.35. The molecule has 7 heteroatoms. The predicted molar refractivity (Wildman–Crippen MR) is 72.4 cm³/mol. The van der Waals surface area contributed by atoms with Crippen LogP contribution in [0, 0.1) is 0 Å². The number of aliphatic hydroxyl groups is 1. The number of aryl methyl sites for hydroxylation is 1. The number of amides is 2. The first-order chi connectivity index (χ1) is 10.2. The molecule has 1 aliphatic rings. The highest BCUT2D eigenvalue weighted by atomic mass is 16.3. The number of carbonyl (C=O) groups is 2. The first-order valence-corrected chi connectivity index (χ1v) is 6.66. The minimum Gasteiger partial charge on any atom is -0.390 e. The number of aliphatic hydroxyl groups excluding tert-OH is 1. The fraction of sp³-hybridized carbons (Fsp3) is 0.286. The summed E-state index contributed by atoms with van der Waals surface area (Å²) in [6, 6.07) is 6.83. The first kappa shape index (κ1) is 13.4. The van der Waals surface area contributed by atoms with Crippen molar-refractivity contribution in [3.8, 4) is 0 Å². The zero-order valence-electron chi connectivity index (χ0n) is 11.3. The van der Waals surface area contributed by atoms with E-state index in [1.54, 1.807) is 35.1 Å². The maximum atomic E-state index is 12.1. The Bertz CT molecular complexity index is 660. The number of hydrogen-bond acceptors (Lipinski definition) is 5.